The standard InChI is InChI=1S/C25H28N2O3S/c1-17-9-7-8-12-20(17)27-24(28)23(31-25(27)26-19-10-5-4-6-11-19)16-18-13-14-21(29-2)22(15-18)30-3/h4-6,10-11,13-17,20H,7-9,12H2,1-3H3/b23-16-,26-25?/t17-,20+/m1/s1. The van der Waals surface area contributed by atoms with Gasteiger partial charge in [-0.3, -0.25) is 9.69 Å². The van der Waals surface area contributed by atoms with Crippen molar-refractivity contribution >= 4 is 34.6 Å². The summed E-state index contributed by atoms with van der Waals surface area (Å²) in [5, 5.41) is 0.765. The minimum Gasteiger partial charge on any atom is -0.493 e. The summed E-state index contributed by atoms with van der Waals surface area (Å²) in [6.45, 7) is 2.25. The molecule has 4 rings (SSSR count). The first-order valence-electron chi connectivity index (χ1n) is 10.7. The van der Waals surface area contributed by atoms with Gasteiger partial charge in [-0.05, 0) is 66.4 Å². The van der Waals surface area contributed by atoms with E-state index in [9.17, 15) is 4.79 Å². The van der Waals surface area contributed by atoms with Crippen LogP contribution >= 0.6 is 11.8 Å². The van der Waals surface area contributed by atoms with E-state index in [0.717, 1.165) is 35.7 Å². The summed E-state index contributed by atoms with van der Waals surface area (Å²) in [6, 6.07) is 15.7. The Morgan fingerprint density at radius 1 is 1.03 bits per heavy atom. The number of benzene rings is 2. The number of amidine groups is 1. The number of para-hydroxylation sites is 1. The van der Waals surface area contributed by atoms with Crippen LogP contribution in [0.15, 0.2) is 58.4 Å². The molecule has 0 unspecified atom stereocenters. The number of ether oxygens (including phenoxy) is 2. The van der Waals surface area contributed by atoms with Crippen LogP contribution in [0.4, 0.5) is 5.69 Å². The number of methoxy groups -OCH3 is 2. The van der Waals surface area contributed by atoms with E-state index in [0.29, 0.717) is 22.3 Å². The lowest BCUT2D eigenvalue weighted by atomic mass is 9.85. The molecule has 2 aromatic rings. The highest BCUT2D eigenvalue weighted by molar-refractivity contribution is 8.18. The smallest absolute Gasteiger partial charge is 0.267 e. The van der Waals surface area contributed by atoms with Crippen molar-refractivity contribution in [3.05, 3.63) is 59.0 Å². The fourth-order valence-electron chi connectivity index (χ4n) is 4.24. The predicted octanol–water partition coefficient (Wildman–Crippen LogP) is 5.89. The summed E-state index contributed by atoms with van der Waals surface area (Å²) >= 11 is 1.45. The first-order valence-corrected chi connectivity index (χ1v) is 11.5. The Kier molecular flexibility index (Phi) is 6.66. The van der Waals surface area contributed by atoms with E-state index < -0.39 is 0 Å². The zero-order valence-corrected chi connectivity index (χ0v) is 19.0. The average molecular weight is 437 g/mol. The molecule has 31 heavy (non-hydrogen) atoms. The molecule has 5 nitrogen and oxygen atoms in total. The SMILES string of the molecule is COc1ccc(/C=C2\SC(=Nc3ccccc3)N([C@H]3CCCC[C@H]3C)C2=O)cc1OC. The van der Waals surface area contributed by atoms with Gasteiger partial charge in [-0.15, -0.1) is 0 Å². The van der Waals surface area contributed by atoms with E-state index in [1.807, 2.05) is 59.5 Å². The van der Waals surface area contributed by atoms with Crippen molar-refractivity contribution in [1.82, 2.24) is 4.90 Å². The normalized spacial score (nSPS) is 24.1. The maximum absolute atomic E-state index is 13.5. The van der Waals surface area contributed by atoms with Gasteiger partial charge in [0.25, 0.3) is 5.91 Å². The van der Waals surface area contributed by atoms with Gasteiger partial charge in [0.2, 0.25) is 0 Å². The zero-order valence-electron chi connectivity index (χ0n) is 18.2. The number of aliphatic imine (C=N–C) groups is 1. The second kappa shape index (κ2) is 9.60. The minimum absolute atomic E-state index is 0.0354. The minimum atomic E-state index is 0.0354. The number of amides is 1. The molecule has 2 fully saturated rings. The van der Waals surface area contributed by atoms with Crippen molar-refractivity contribution in [2.75, 3.05) is 14.2 Å². The molecule has 1 saturated heterocycles. The van der Waals surface area contributed by atoms with Crippen LogP contribution in [0.1, 0.15) is 38.2 Å². The Bertz CT molecular complexity index is 1000. The Balaban J connectivity index is 1.71. The van der Waals surface area contributed by atoms with E-state index in [1.165, 1.54) is 18.2 Å². The second-order valence-corrected chi connectivity index (χ2v) is 8.97. The number of hydrogen-bond donors (Lipinski definition) is 0. The molecule has 1 amide bonds. The molecule has 1 aliphatic carbocycles. The molecule has 0 bridgehead atoms. The zero-order chi connectivity index (χ0) is 21.8. The molecule has 1 saturated carbocycles. The Morgan fingerprint density at radius 2 is 1.77 bits per heavy atom. The predicted molar refractivity (Wildman–Crippen MR) is 127 cm³/mol. The van der Waals surface area contributed by atoms with Crippen molar-refractivity contribution < 1.29 is 14.3 Å². The van der Waals surface area contributed by atoms with E-state index in [1.54, 1.807) is 14.2 Å². The van der Waals surface area contributed by atoms with Crippen molar-refractivity contribution in [1.29, 1.82) is 0 Å². The third-order valence-corrected chi connectivity index (χ3v) is 6.90. The molecule has 2 atom stereocenters. The Labute approximate surface area is 188 Å². The van der Waals surface area contributed by atoms with Crippen LogP contribution in [0, 0.1) is 5.92 Å². The van der Waals surface area contributed by atoms with Gasteiger partial charge in [0.05, 0.1) is 24.8 Å². The van der Waals surface area contributed by atoms with E-state index in [-0.39, 0.29) is 11.9 Å². The van der Waals surface area contributed by atoms with Gasteiger partial charge in [-0.2, -0.15) is 0 Å². The van der Waals surface area contributed by atoms with Crippen molar-refractivity contribution in [2.45, 2.75) is 38.6 Å². The maximum Gasteiger partial charge on any atom is 0.267 e. The lowest BCUT2D eigenvalue weighted by Gasteiger charge is -2.35. The first kappa shape index (κ1) is 21.5. The Hall–Kier alpha value is -2.73. The summed E-state index contributed by atoms with van der Waals surface area (Å²) in [5.41, 5.74) is 1.75. The monoisotopic (exact) mass is 436 g/mol. The van der Waals surface area contributed by atoms with Gasteiger partial charge < -0.3 is 9.47 Å². The summed E-state index contributed by atoms with van der Waals surface area (Å²) in [7, 11) is 3.23. The molecular formula is C25H28N2O3S. The van der Waals surface area contributed by atoms with Crippen LogP contribution in [0.3, 0.4) is 0 Å². The molecule has 0 aromatic heterocycles. The summed E-state index contributed by atoms with van der Waals surface area (Å²) in [4.78, 5) is 21.0. The van der Waals surface area contributed by atoms with Crippen LogP contribution in [-0.4, -0.2) is 36.2 Å². The molecule has 0 spiro atoms. The third kappa shape index (κ3) is 4.64. The largest absolute Gasteiger partial charge is 0.493 e. The highest BCUT2D eigenvalue weighted by Crippen LogP contribution is 2.40. The van der Waals surface area contributed by atoms with Crippen LogP contribution < -0.4 is 9.47 Å². The fourth-order valence-corrected chi connectivity index (χ4v) is 5.29. The lowest BCUT2D eigenvalue weighted by molar-refractivity contribution is -0.124. The van der Waals surface area contributed by atoms with Crippen LogP contribution in [0.25, 0.3) is 6.08 Å². The van der Waals surface area contributed by atoms with Gasteiger partial charge >= 0.3 is 0 Å². The van der Waals surface area contributed by atoms with Gasteiger partial charge in [-0.25, -0.2) is 4.99 Å². The number of thioether (sulfide) groups is 1. The van der Waals surface area contributed by atoms with E-state index in [2.05, 4.69) is 6.92 Å². The van der Waals surface area contributed by atoms with Gasteiger partial charge in [0.1, 0.15) is 0 Å². The Morgan fingerprint density at radius 3 is 2.48 bits per heavy atom. The van der Waals surface area contributed by atoms with Crippen LogP contribution in [-0.2, 0) is 4.79 Å². The summed E-state index contributed by atoms with van der Waals surface area (Å²) in [6.07, 6.45) is 6.46. The van der Waals surface area contributed by atoms with Gasteiger partial charge in [0, 0.05) is 6.04 Å². The van der Waals surface area contributed by atoms with E-state index >= 15 is 0 Å². The lowest BCUT2D eigenvalue weighted by Crippen LogP contribution is -2.44. The fraction of sp³-hybridized carbons (Fsp3) is 0.360. The molecule has 0 N–H and O–H groups in total. The highest BCUT2D eigenvalue weighted by atomic mass is 32.2. The number of nitrogens with zero attached hydrogens (tertiary/aromatic N) is 2. The average Bonchev–Trinajstić information content (AvgIpc) is 3.09. The molecule has 6 heteroatoms. The third-order valence-electron chi connectivity index (χ3n) is 5.92. The second-order valence-electron chi connectivity index (χ2n) is 7.96. The van der Waals surface area contributed by atoms with Gasteiger partial charge in [0.15, 0.2) is 16.7 Å². The molecule has 1 heterocycles. The van der Waals surface area contributed by atoms with Crippen LogP contribution in [0.2, 0.25) is 0 Å². The molecule has 2 aromatic carbocycles. The number of carbonyl (C=O) groups excluding carboxylic acids is 1. The highest BCUT2D eigenvalue weighted by Gasteiger charge is 2.41. The molecule has 162 valence electrons. The molecule has 0 radical (unpaired) electrons. The first-order chi connectivity index (χ1) is 15.1. The van der Waals surface area contributed by atoms with Crippen molar-refractivity contribution in [3.8, 4) is 11.5 Å². The number of rotatable bonds is 5. The van der Waals surface area contributed by atoms with Gasteiger partial charge in [-0.1, -0.05) is 44.0 Å². The molecule has 1 aliphatic heterocycles. The number of carbonyl (C=O) groups is 1. The summed E-state index contributed by atoms with van der Waals surface area (Å²) < 4.78 is 10.7. The quantitative estimate of drug-likeness (QED) is 0.549. The molecular weight excluding hydrogens is 408 g/mol. The van der Waals surface area contributed by atoms with Crippen LogP contribution in [0.5, 0.6) is 11.5 Å². The maximum atomic E-state index is 13.5. The molecule has 2 aliphatic rings. The number of hydrogen-bond acceptors (Lipinski definition) is 5. The topological polar surface area (TPSA) is 51.1 Å². The van der Waals surface area contributed by atoms with E-state index in [4.69, 9.17) is 14.5 Å². The van der Waals surface area contributed by atoms with Crippen molar-refractivity contribution in [3.63, 3.8) is 0 Å². The van der Waals surface area contributed by atoms with Crippen molar-refractivity contribution in [2.24, 2.45) is 10.9 Å². The summed E-state index contributed by atoms with van der Waals surface area (Å²) in [5.74, 6) is 1.80.